The highest BCUT2D eigenvalue weighted by Gasteiger charge is 2.14. The third kappa shape index (κ3) is 11.9. The number of aliphatic imine (C=N–C) groups is 2. The van der Waals surface area contributed by atoms with E-state index in [-0.39, 0.29) is 0 Å². The highest BCUT2D eigenvalue weighted by molar-refractivity contribution is 6.10. The highest BCUT2D eigenvalue weighted by Crippen LogP contribution is 2.26. The van der Waals surface area contributed by atoms with E-state index in [2.05, 4.69) is 101 Å². The van der Waals surface area contributed by atoms with E-state index < -0.39 is 0 Å². The summed E-state index contributed by atoms with van der Waals surface area (Å²) in [6.45, 7) is 19.3. The molecule has 0 saturated heterocycles. The molecule has 0 radical (unpaired) electrons. The van der Waals surface area contributed by atoms with Crippen LogP contribution in [0, 0.1) is 6.92 Å². The van der Waals surface area contributed by atoms with Gasteiger partial charge in [0.25, 0.3) is 0 Å². The number of nitrogens with zero attached hydrogens (tertiary/aromatic N) is 3. The lowest BCUT2D eigenvalue weighted by Gasteiger charge is -2.27. The molecule has 1 aromatic carbocycles. The van der Waals surface area contributed by atoms with Gasteiger partial charge in [-0.2, -0.15) is 0 Å². The lowest BCUT2D eigenvalue weighted by Crippen LogP contribution is -2.29. The van der Waals surface area contributed by atoms with E-state index in [1.54, 1.807) is 6.20 Å². The number of hydrogen-bond acceptors (Lipinski definition) is 4. The molecular weight excluding hydrogens is 452 g/mol. The molecule has 0 aliphatic heterocycles. The maximum atomic E-state index is 4.91. The molecule has 2 atom stereocenters. The molecule has 0 aliphatic rings. The van der Waals surface area contributed by atoms with Crippen molar-refractivity contribution < 1.29 is 0 Å². The molecule has 37 heavy (non-hydrogen) atoms. The minimum Gasteiger partial charge on any atom is -0.373 e. The molecule has 0 aromatic heterocycles. The summed E-state index contributed by atoms with van der Waals surface area (Å²) in [5.41, 5.74) is 5.99. The SMILES string of the molecule is C=C/C=C(\C=C/N(C)C(CC)c1ccc(C)c(CC)c1)C(/C=C\N=C)=NCNC(CCC)CCCCC. The van der Waals surface area contributed by atoms with Gasteiger partial charge in [-0.15, -0.1) is 0 Å². The topological polar surface area (TPSA) is 40.0 Å². The lowest BCUT2D eigenvalue weighted by molar-refractivity contribution is 0.328. The molecule has 0 amide bonds. The van der Waals surface area contributed by atoms with Crippen molar-refractivity contribution >= 4 is 12.4 Å². The summed E-state index contributed by atoms with van der Waals surface area (Å²) in [7, 11) is 2.15. The number of rotatable bonds is 19. The Balaban J connectivity index is 3.11. The predicted molar refractivity (Wildman–Crippen MR) is 166 cm³/mol. The third-order valence-electron chi connectivity index (χ3n) is 6.86. The van der Waals surface area contributed by atoms with Crippen LogP contribution in [0.4, 0.5) is 0 Å². The Morgan fingerprint density at radius 1 is 1.08 bits per heavy atom. The molecule has 1 N–H and O–H groups in total. The zero-order valence-electron chi connectivity index (χ0n) is 24.5. The molecule has 0 aliphatic carbocycles. The van der Waals surface area contributed by atoms with Crippen LogP contribution in [-0.4, -0.2) is 37.1 Å². The van der Waals surface area contributed by atoms with Gasteiger partial charge in [-0.25, -0.2) is 0 Å². The fraction of sp³-hybridized carbons (Fsp3) is 0.515. The highest BCUT2D eigenvalue weighted by atomic mass is 15.1. The van der Waals surface area contributed by atoms with Crippen molar-refractivity contribution in [1.29, 1.82) is 0 Å². The van der Waals surface area contributed by atoms with Gasteiger partial charge in [-0.05, 0) is 74.4 Å². The van der Waals surface area contributed by atoms with Crippen molar-refractivity contribution in [2.75, 3.05) is 13.7 Å². The Bertz CT molecular complexity index is 922. The fourth-order valence-electron chi connectivity index (χ4n) is 4.65. The van der Waals surface area contributed by atoms with Gasteiger partial charge < -0.3 is 4.90 Å². The second-order valence-corrected chi connectivity index (χ2v) is 9.69. The Morgan fingerprint density at radius 3 is 2.49 bits per heavy atom. The first-order valence-electron chi connectivity index (χ1n) is 14.2. The van der Waals surface area contributed by atoms with E-state index in [1.807, 2.05) is 18.2 Å². The van der Waals surface area contributed by atoms with Crippen LogP contribution in [0.2, 0.25) is 0 Å². The molecule has 204 valence electrons. The van der Waals surface area contributed by atoms with Crippen LogP contribution in [0.5, 0.6) is 0 Å². The van der Waals surface area contributed by atoms with Crippen LogP contribution < -0.4 is 5.32 Å². The number of allylic oxidation sites excluding steroid dienone is 5. The molecule has 0 spiro atoms. The second-order valence-electron chi connectivity index (χ2n) is 9.69. The van der Waals surface area contributed by atoms with Gasteiger partial charge in [0.1, 0.15) is 0 Å². The fourth-order valence-corrected chi connectivity index (χ4v) is 4.65. The first-order valence-corrected chi connectivity index (χ1v) is 14.2. The lowest BCUT2D eigenvalue weighted by atomic mass is 9.97. The Morgan fingerprint density at radius 2 is 1.86 bits per heavy atom. The standard InChI is InChI=1S/C33H52N4/c1-9-14-15-18-31(17-11-3)35-26-36-32(21-23-34-7)29(16-10-2)22-24-37(8)33(13-5)30-20-19-27(6)28(12-4)25-30/h10,16,19-25,31,33,35H,2,7,9,11-15,17-18,26H2,1,3-6,8H3/b23-21-,24-22-,29-16+,36-32?. The van der Waals surface area contributed by atoms with Crippen molar-refractivity contribution in [3.05, 3.63) is 83.7 Å². The maximum Gasteiger partial charge on any atom is 0.0894 e. The third-order valence-corrected chi connectivity index (χ3v) is 6.86. The molecule has 0 fully saturated rings. The molecule has 0 saturated carbocycles. The summed E-state index contributed by atoms with van der Waals surface area (Å²) >= 11 is 0. The normalized spacial score (nSPS) is 14.3. The Kier molecular flexibility index (Phi) is 16.9. The molecule has 2 unspecified atom stereocenters. The van der Waals surface area contributed by atoms with E-state index >= 15 is 0 Å². The average molecular weight is 505 g/mol. The van der Waals surface area contributed by atoms with E-state index in [1.165, 1.54) is 55.2 Å². The van der Waals surface area contributed by atoms with Gasteiger partial charge in [0.05, 0.1) is 18.4 Å². The van der Waals surface area contributed by atoms with Gasteiger partial charge in [-0.3, -0.25) is 15.3 Å². The Hall–Kier alpha value is -2.72. The van der Waals surface area contributed by atoms with Crippen LogP contribution in [0.1, 0.15) is 95.4 Å². The van der Waals surface area contributed by atoms with Crippen LogP contribution in [0.25, 0.3) is 0 Å². The molecule has 0 heterocycles. The number of unbranched alkanes of at least 4 members (excludes halogenated alkanes) is 2. The summed E-state index contributed by atoms with van der Waals surface area (Å²) in [5.74, 6) is 0. The smallest absolute Gasteiger partial charge is 0.0894 e. The van der Waals surface area contributed by atoms with Crippen molar-refractivity contribution in [3.8, 4) is 0 Å². The van der Waals surface area contributed by atoms with Crippen LogP contribution in [0.3, 0.4) is 0 Å². The minimum absolute atomic E-state index is 0.303. The molecule has 0 bridgehead atoms. The first kappa shape index (κ1) is 32.3. The molecular formula is C33H52N4. The van der Waals surface area contributed by atoms with E-state index in [0.717, 1.165) is 24.1 Å². The zero-order chi connectivity index (χ0) is 27.5. The molecule has 1 aromatic rings. The molecule has 4 nitrogen and oxygen atoms in total. The summed E-state index contributed by atoms with van der Waals surface area (Å²) in [6.07, 6.45) is 21.1. The number of benzene rings is 1. The van der Waals surface area contributed by atoms with Crippen LogP contribution >= 0.6 is 0 Å². The monoisotopic (exact) mass is 504 g/mol. The van der Waals surface area contributed by atoms with E-state index in [4.69, 9.17) is 4.99 Å². The van der Waals surface area contributed by atoms with Crippen molar-refractivity contribution in [3.63, 3.8) is 0 Å². The minimum atomic E-state index is 0.303. The number of aryl methyl sites for hydroxylation is 2. The summed E-state index contributed by atoms with van der Waals surface area (Å²) in [5, 5.41) is 3.66. The first-order chi connectivity index (χ1) is 17.9. The number of hydrogen-bond donors (Lipinski definition) is 1. The summed E-state index contributed by atoms with van der Waals surface area (Å²) in [4.78, 5) is 11.1. The Labute approximate surface area is 228 Å². The molecule has 4 heteroatoms. The second kappa shape index (κ2) is 19.4. The molecule has 1 rings (SSSR count). The predicted octanol–water partition coefficient (Wildman–Crippen LogP) is 8.52. The number of nitrogens with one attached hydrogen (secondary N) is 1. The summed E-state index contributed by atoms with van der Waals surface area (Å²) in [6, 6.07) is 7.68. The van der Waals surface area contributed by atoms with Gasteiger partial charge in [0, 0.05) is 24.9 Å². The van der Waals surface area contributed by atoms with Crippen molar-refractivity contribution in [2.24, 2.45) is 9.98 Å². The zero-order valence-corrected chi connectivity index (χ0v) is 24.5. The van der Waals surface area contributed by atoms with Crippen molar-refractivity contribution in [1.82, 2.24) is 10.2 Å². The van der Waals surface area contributed by atoms with Crippen LogP contribution in [0.15, 0.2) is 77.0 Å². The maximum absolute atomic E-state index is 4.91. The van der Waals surface area contributed by atoms with E-state index in [9.17, 15) is 0 Å². The average Bonchev–Trinajstić information content (AvgIpc) is 2.90. The van der Waals surface area contributed by atoms with Crippen molar-refractivity contribution in [2.45, 2.75) is 98.1 Å². The van der Waals surface area contributed by atoms with Gasteiger partial charge in [0.2, 0.25) is 0 Å². The largest absolute Gasteiger partial charge is 0.373 e. The van der Waals surface area contributed by atoms with Gasteiger partial charge >= 0.3 is 0 Å². The summed E-state index contributed by atoms with van der Waals surface area (Å²) < 4.78 is 0. The van der Waals surface area contributed by atoms with Gasteiger partial charge in [-0.1, -0.05) is 90.3 Å². The van der Waals surface area contributed by atoms with Gasteiger partial charge in [0.15, 0.2) is 0 Å². The quantitative estimate of drug-likeness (QED) is 0.116. The van der Waals surface area contributed by atoms with Crippen LogP contribution in [-0.2, 0) is 6.42 Å². The van der Waals surface area contributed by atoms with E-state index in [0.29, 0.717) is 18.8 Å².